The lowest BCUT2D eigenvalue weighted by Crippen LogP contribution is -2.55. The molecule has 2 unspecified atom stereocenters. The van der Waals surface area contributed by atoms with Gasteiger partial charge >= 0.3 is 0 Å². The predicted molar refractivity (Wildman–Crippen MR) is 126 cm³/mol. The summed E-state index contributed by atoms with van der Waals surface area (Å²) in [5.41, 5.74) is 0. The Hall–Kier alpha value is -0.570. The monoisotopic (exact) mass is 505 g/mol. The first kappa shape index (κ1) is 23.7. The Morgan fingerprint density at radius 3 is 2.25 bits per heavy atom. The summed E-state index contributed by atoms with van der Waals surface area (Å²) in [6.45, 7) is 14.7. The molecule has 1 aliphatic carbocycles. The molecule has 2 heterocycles. The molecule has 0 aromatic carbocycles. The highest BCUT2D eigenvalue weighted by atomic mass is 127. The zero-order chi connectivity index (χ0) is 19.2. The maximum atomic E-state index is 12.7. The maximum Gasteiger partial charge on any atom is 0.236 e. The second-order valence-corrected chi connectivity index (χ2v) is 8.98. The summed E-state index contributed by atoms with van der Waals surface area (Å²) in [6, 6.07) is 0. The molecule has 0 bridgehead atoms. The van der Waals surface area contributed by atoms with Crippen molar-refractivity contribution in [2.45, 2.75) is 46.5 Å². The maximum absolute atomic E-state index is 12.7. The molecule has 3 fully saturated rings. The van der Waals surface area contributed by atoms with E-state index < -0.39 is 0 Å². The summed E-state index contributed by atoms with van der Waals surface area (Å²) in [4.78, 5) is 24.3. The Morgan fingerprint density at radius 2 is 1.68 bits per heavy atom. The molecule has 1 amide bonds. The van der Waals surface area contributed by atoms with E-state index in [1.54, 1.807) is 0 Å². The van der Waals surface area contributed by atoms with E-state index in [9.17, 15) is 4.79 Å². The molecule has 1 N–H and O–H groups in total. The highest BCUT2D eigenvalue weighted by molar-refractivity contribution is 14.0. The standard InChI is InChI=1S/C21H39N5O.HI/c1-4-22-21(23-8-7-19-5-6-19)25-11-9-24(10-12-25)16-20(27)26-14-17(2)13-18(3)15-26;/h17-19H,4-16H2,1-3H3,(H,22,23);1H. The van der Waals surface area contributed by atoms with Crippen molar-refractivity contribution in [3.63, 3.8) is 0 Å². The second-order valence-electron chi connectivity index (χ2n) is 8.98. The first-order chi connectivity index (χ1) is 13.0. The SMILES string of the molecule is CCNC(=NCCC1CC1)N1CCN(CC(=O)N2CC(C)CC(C)C2)CC1.I. The lowest BCUT2D eigenvalue weighted by atomic mass is 9.92. The van der Waals surface area contributed by atoms with Gasteiger partial charge in [0.15, 0.2) is 5.96 Å². The van der Waals surface area contributed by atoms with Crippen molar-refractivity contribution in [2.24, 2.45) is 22.7 Å². The van der Waals surface area contributed by atoms with Gasteiger partial charge in [-0.25, -0.2) is 0 Å². The number of piperidine rings is 1. The van der Waals surface area contributed by atoms with Gasteiger partial charge in [0, 0.05) is 52.4 Å². The van der Waals surface area contributed by atoms with Crippen LogP contribution in [-0.4, -0.2) is 85.5 Å². The number of guanidine groups is 1. The fourth-order valence-corrected chi connectivity index (χ4v) is 4.46. The van der Waals surface area contributed by atoms with Crippen molar-refractivity contribution in [3.05, 3.63) is 0 Å². The van der Waals surface area contributed by atoms with Crippen molar-refractivity contribution < 1.29 is 4.79 Å². The molecule has 1 saturated carbocycles. The van der Waals surface area contributed by atoms with Crippen LogP contribution < -0.4 is 5.32 Å². The van der Waals surface area contributed by atoms with E-state index in [0.29, 0.717) is 24.3 Å². The number of halogens is 1. The van der Waals surface area contributed by atoms with Gasteiger partial charge < -0.3 is 15.1 Å². The highest BCUT2D eigenvalue weighted by Crippen LogP contribution is 2.32. The number of piperazine rings is 1. The third-order valence-corrected chi connectivity index (χ3v) is 6.08. The van der Waals surface area contributed by atoms with Gasteiger partial charge in [0.05, 0.1) is 6.54 Å². The van der Waals surface area contributed by atoms with Crippen LogP contribution in [0.15, 0.2) is 4.99 Å². The Morgan fingerprint density at radius 1 is 1.04 bits per heavy atom. The number of carbonyl (C=O) groups is 1. The Kier molecular flexibility index (Phi) is 9.80. The number of hydrogen-bond donors (Lipinski definition) is 1. The summed E-state index contributed by atoms with van der Waals surface area (Å²) in [5, 5.41) is 3.45. The van der Waals surface area contributed by atoms with Crippen LogP contribution >= 0.6 is 24.0 Å². The highest BCUT2D eigenvalue weighted by Gasteiger charge is 2.28. The summed E-state index contributed by atoms with van der Waals surface area (Å²) < 4.78 is 0. The first-order valence-electron chi connectivity index (χ1n) is 11.1. The molecule has 0 aromatic rings. The van der Waals surface area contributed by atoms with E-state index in [2.05, 4.69) is 40.8 Å². The van der Waals surface area contributed by atoms with Crippen molar-refractivity contribution in [1.29, 1.82) is 0 Å². The molecular weight excluding hydrogens is 465 g/mol. The van der Waals surface area contributed by atoms with Crippen molar-refractivity contribution >= 4 is 35.8 Å². The average Bonchev–Trinajstić information content (AvgIpc) is 3.45. The molecule has 0 radical (unpaired) electrons. The topological polar surface area (TPSA) is 51.2 Å². The van der Waals surface area contributed by atoms with Crippen LogP contribution in [0.5, 0.6) is 0 Å². The summed E-state index contributed by atoms with van der Waals surface area (Å²) in [7, 11) is 0. The van der Waals surface area contributed by atoms with Gasteiger partial charge in [-0.2, -0.15) is 0 Å². The Balaban J connectivity index is 0.00000280. The zero-order valence-corrected chi connectivity index (χ0v) is 20.4. The fourth-order valence-electron chi connectivity index (χ4n) is 4.46. The number of amides is 1. The predicted octanol–water partition coefficient (Wildman–Crippen LogP) is 2.49. The molecule has 2 saturated heterocycles. The molecular formula is C21H40IN5O. The molecule has 6 nitrogen and oxygen atoms in total. The number of nitrogens with zero attached hydrogens (tertiary/aromatic N) is 4. The van der Waals surface area contributed by atoms with E-state index >= 15 is 0 Å². The molecule has 0 aromatic heterocycles. The van der Waals surface area contributed by atoms with Crippen LogP contribution in [0, 0.1) is 17.8 Å². The largest absolute Gasteiger partial charge is 0.357 e. The molecule has 28 heavy (non-hydrogen) atoms. The first-order valence-corrected chi connectivity index (χ1v) is 11.1. The normalized spacial score (nSPS) is 26.8. The van der Waals surface area contributed by atoms with Crippen LogP contribution in [-0.2, 0) is 4.79 Å². The van der Waals surface area contributed by atoms with Crippen LogP contribution in [0.1, 0.15) is 46.5 Å². The summed E-state index contributed by atoms with van der Waals surface area (Å²) >= 11 is 0. The lowest BCUT2D eigenvalue weighted by Gasteiger charge is -2.39. The van der Waals surface area contributed by atoms with Gasteiger partial charge in [0.25, 0.3) is 0 Å². The molecule has 2 atom stereocenters. The number of rotatable bonds is 6. The Labute approximate surface area is 188 Å². The van der Waals surface area contributed by atoms with Crippen LogP contribution in [0.25, 0.3) is 0 Å². The number of carbonyl (C=O) groups excluding carboxylic acids is 1. The van der Waals surface area contributed by atoms with Gasteiger partial charge in [-0.3, -0.25) is 14.7 Å². The van der Waals surface area contributed by atoms with E-state index in [4.69, 9.17) is 4.99 Å². The smallest absolute Gasteiger partial charge is 0.236 e. The number of aliphatic imine (C=N–C) groups is 1. The molecule has 3 aliphatic rings. The summed E-state index contributed by atoms with van der Waals surface area (Å²) in [5.74, 6) is 3.56. The molecule has 0 spiro atoms. The van der Waals surface area contributed by atoms with E-state index in [1.165, 1.54) is 25.7 Å². The molecule has 7 heteroatoms. The van der Waals surface area contributed by atoms with Crippen molar-refractivity contribution in [3.8, 4) is 0 Å². The molecule has 2 aliphatic heterocycles. The van der Waals surface area contributed by atoms with Gasteiger partial charge in [0.2, 0.25) is 5.91 Å². The quantitative estimate of drug-likeness (QED) is 0.343. The van der Waals surface area contributed by atoms with E-state index in [-0.39, 0.29) is 24.0 Å². The van der Waals surface area contributed by atoms with Crippen LogP contribution in [0.2, 0.25) is 0 Å². The number of hydrogen-bond acceptors (Lipinski definition) is 3. The van der Waals surface area contributed by atoms with Gasteiger partial charge in [-0.1, -0.05) is 26.7 Å². The number of likely N-dealkylation sites (tertiary alicyclic amines) is 1. The van der Waals surface area contributed by atoms with E-state index in [0.717, 1.165) is 64.2 Å². The van der Waals surface area contributed by atoms with Crippen molar-refractivity contribution in [2.75, 3.05) is 58.9 Å². The minimum atomic E-state index is 0. The van der Waals surface area contributed by atoms with Gasteiger partial charge in [-0.15, -0.1) is 24.0 Å². The van der Waals surface area contributed by atoms with Crippen LogP contribution in [0.3, 0.4) is 0 Å². The average molecular weight is 505 g/mol. The number of nitrogens with one attached hydrogen (secondary N) is 1. The third kappa shape index (κ3) is 7.35. The van der Waals surface area contributed by atoms with Gasteiger partial charge in [0.1, 0.15) is 0 Å². The Bertz CT molecular complexity index is 507. The summed E-state index contributed by atoms with van der Waals surface area (Å²) in [6.07, 6.45) is 5.27. The second kappa shape index (κ2) is 11.6. The third-order valence-electron chi connectivity index (χ3n) is 6.08. The van der Waals surface area contributed by atoms with E-state index in [1.807, 2.05) is 0 Å². The molecule has 3 rings (SSSR count). The zero-order valence-electron chi connectivity index (χ0n) is 18.0. The lowest BCUT2D eigenvalue weighted by molar-refractivity contribution is -0.135. The minimum Gasteiger partial charge on any atom is -0.357 e. The van der Waals surface area contributed by atoms with Crippen LogP contribution in [0.4, 0.5) is 0 Å². The van der Waals surface area contributed by atoms with Gasteiger partial charge in [-0.05, 0) is 37.5 Å². The molecule has 162 valence electrons. The fraction of sp³-hybridized carbons (Fsp3) is 0.905. The minimum absolute atomic E-state index is 0. The van der Waals surface area contributed by atoms with Crippen molar-refractivity contribution in [1.82, 2.24) is 20.0 Å².